The molecule has 0 spiro atoms. The van der Waals surface area contributed by atoms with E-state index in [1.54, 1.807) is 13.2 Å². The molecule has 0 unspecified atom stereocenters. The van der Waals surface area contributed by atoms with E-state index >= 15 is 0 Å². The third kappa shape index (κ3) is 5.67. The van der Waals surface area contributed by atoms with Gasteiger partial charge in [0.1, 0.15) is 0 Å². The lowest BCUT2D eigenvalue weighted by Gasteiger charge is -2.12. The van der Waals surface area contributed by atoms with E-state index in [1.807, 2.05) is 17.8 Å². The van der Waals surface area contributed by atoms with Crippen molar-refractivity contribution in [2.45, 2.75) is 19.9 Å². The van der Waals surface area contributed by atoms with Crippen LogP contribution in [0.4, 0.5) is 0 Å². The van der Waals surface area contributed by atoms with E-state index in [4.69, 9.17) is 0 Å². The summed E-state index contributed by atoms with van der Waals surface area (Å²) < 4.78 is 1.85. The Kier molecular flexibility index (Phi) is 7.94. The number of benzene rings is 1. The quantitative estimate of drug-likeness (QED) is 0.449. The zero-order valence-corrected chi connectivity index (χ0v) is 15.7. The third-order valence-corrected chi connectivity index (χ3v) is 3.41. The Labute approximate surface area is 149 Å². The molecule has 2 N–H and O–H groups in total. The van der Waals surface area contributed by atoms with Crippen LogP contribution in [0, 0.1) is 6.92 Å². The Bertz CT molecular complexity index is 589. The van der Waals surface area contributed by atoms with Crippen molar-refractivity contribution in [3.8, 4) is 0 Å². The van der Waals surface area contributed by atoms with E-state index in [-0.39, 0.29) is 24.0 Å². The van der Waals surface area contributed by atoms with Gasteiger partial charge < -0.3 is 10.6 Å². The van der Waals surface area contributed by atoms with E-state index < -0.39 is 0 Å². The van der Waals surface area contributed by atoms with Crippen LogP contribution < -0.4 is 10.6 Å². The smallest absolute Gasteiger partial charge is 0.191 e. The fourth-order valence-corrected chi connectivity index (χ4v) is 2.05. The van der Waals surface area contributed by atoms with E-state index in [1.165, 1.54) is 11.1 Å². The molecule has 0 aliphatic heterocycles. The number of hydrogen-bond acceptors (Lipinski definition) is 2. The summed E-state index contributed by atoms with van der Waals surface area (Å²) in [5.74, 6) is 0.809. The second-order valence-electron chi connectivity index (χ2n) is 5.03. The van der Waals surface area contributed by atoms with Crippen molar-refractivity contribution >= 4 is 29.9 Å². The maximum atomic E-state index is 4.23. The monoisotopic (exact) mass is 413 g/mol. The van der Waals surface area contributed by atoms with E-state index in [9.17, 15) is 0 Å². The second-order valence-corrected chi connectivity index (χ2v) is 5.03. The van der Waals surface area contributed by atoms with Crippen LogP contribution in [0.3, 0.4) is 0 Å². The molecule has 22 heavy (non-hydrogen) atoms. The second kappa shape index (κ2) is 9.45. The summed E-state index contributed by atoms with van der Waals surface area (Å²) in [4.78, 5) is 4.23. The van der Waals surface area contributed by atoms with Gasteiger partial charge in [0.2, 0.25) is 0 Å². The lowest BCUT2D eigenvalue weighted by Crippen LogP contribution is -2.38. The molecular weight excluding hydrogens is 389 g/mol. The Hall–Kier alpha value is -1.57. The normalized spacial score (nSPS) is 11.0. The van der Waals surface area contributed by atoms with Gasteiger partial charge in [-0.1, -0.05) is 29.8 Å². The molecule has 0 amide bonds. The molecule has 0 saturated carbocycles. The van der Waals surface area contributed by atoms with Crippen molar-refractivity contribution in [1.29, 1.82) is 0 Å². The van der Waals surface area contributed by atoms with Crippen LogP contribution in [0.2, 0.25) is 0 Å². The molecule has 0 aliphatic carbocycles. The van der Waals surface area contributed by atoms with Gasteiger partial charge in [0.05, 0.1) is 12.2 Å². The molecule has 0 aliphatic rings. The fraction of sp³-hybridized carbons (Fsp3) is 0.375. The lowest BCUT2D eigenvalue weighted by atomic mass is 10.1. The van der Waals surface area contributed by atoms with Crippen LogP contribution in [0.5, 0.6) is 0 Å². The molecule has 2 aromatic rings. The van der Waals surface area contributed by atoms with Crippen LogP contribution in [0.25, 0.3) is 0 Å². The standard InChI is InChI=1S/C16H23N5.HI/c1-13-4-6-14(7-5-13)8-10-18-16(17-2)19-12-15-9-11-20-21(15)3;/h4-7,9,11H,8,10,12H2,1-3H3,(H2,17,18,19);1H. The van der Waals surface area contributed by atoms with Gasteiger partial charge in [-0.05, 0) is 25.0 Å². The van der Waals surface area contributed by atoms with Crippen LogP contribution in [0.15, 0.2) is 41.5 Å². The summed E-state index contributed by atoms with van der Waals surface area (Å²) in [5, 5.41) is 10.8. The summed E-state index contributed by atoms with van der Waals surface area (Å²) in [6.45, 7) is 3.67. The van der Waals surface area contributed by atoms with E-state index in [0.717, 1.165) is 24.6 Å². The molecule has 0 saturated heterocycles. The maximum absolute atomic E-state index is 4.23. The minimum Gasteiger partial charge on any atom is -0.356 e. The molecule has 0 bridgehead atoms. The average Bonchev–Trinajstić information content (AvgIpc) is 2.90. The summed E-state index contributed by atoms with van der Waals surface area (Å²) in [6.07, 6.45) is 2.78. The Morgan fingerprint density at radius 1 is 1.18 bits per heavy atom. The molecule has 1 heterocycles. The molecule has 5 nitrogen and oxygen atoms in total. The Morgan fingerprint density at radius 2 is 1.91 bits per heavy atom. The Morgan fingerprint density at radius 3 is 2.50 bits per heavy atom. The first-order valence-electron chi connectivity index (χ1n) is 7.16. The fourth-order valence-electron chi connectivity index (χ4n) is 2.05. The summed E-state index contributed by atoms with van der Waals surface area (Å²) in [5.41, 5.74) is 3.74. The maximum Gasteiger partial charge on any atom is 0.191 e. The molecule has 120 valence electrons. The van der Waals surface area contributed by atoms with Gasteiger partial charge in [-0.2, -0.15) is 5.10 Å². The number of nitrogens with zero attached hydrogens (tertiary/aromatic N) is 3. The molecule has 0 atom stereocenters. The molecule has 0 radical (unpaired) electrons. The van der Waals surface area contributed by atoms with Crippen molar-refractivity contribution in [2.75, 3.05) is 13.6 Å². The van der Waals surface area contributed by atoms with Crippen LogP contribution in [-0.4, -0.2) is 29.3 Å². The highest BCUT2D eigenvalue weighted by Crippen LogP contribution is 2.03. The van der Waals surface area contributed by atoms with Crippen LogP contribution in [0.1, 0.15) is 16.8 Å². The van der Waals surface area contributed by atoms with Gasteiger partial charge in [0.15, 0.2) is 5.96 Å². The highest BCUT2D eigenvalue weighted by Gasteiger charge is 2.01. The van der Waals surface area contributed by atoms with Crippen molar-refractivity contribution in [1.82, 2.24) is 20.4 Å². The minimum atomic E-state index is 0. The first-order valence-corrected chi connectivity index (χ1v) is 7.16. The molecular formula is C16H24IN5. The van der Waals surface area contributed by atoms with Gasteiger partial charge in [-0.25, -0.2) is 0 Å². The zero-order valence-electron chi connectivity index (χ0n) is 13.3. The summed E-state index contributed by atoms with van der Waals surface area (Å²) in [7, 11) is 3.72. The highest BCUT2D eigenvalue weighted by molar-refractivity contribution is 14.0. The van der Waals surface area contributed by atoms with Crippen molar-refractivity contribution < 1.29 is 0 Å². The first kappa shape index (κ1) is 18.5. The Balaban J connectivity index is 0.00000242. The van der Waals surface area contributed by atoms with Gasteiger partial charge in [0.25, 0.3) is 0 Å². The largest absolute Gasteiger partial charge is 0.356 e. The van der Waals surface area contributed by atoms with E-state index in [2.05, 4.69) is 51.9 Å². The predicted molar refractivity (Wildman–Crippen MR) is 102 cm³/mol. The topological polar surface area (TPSA) is 54.2 Å². The number of aromatic nitrogens is 2. The SMILES string of the molecule is CN=C(NCCc1ccc(C)cc1)NCc1ccnn1C.I. The van der Waals surface area contributed by atoms with Gasteiger partial charge in [-0.15, -0.1) is 24.0 Å². The number of aryl methyl sites for hydroxylation is 2. The average molecular weight is 413 g/mol. The molecule has 1 aromatic heterocycles. The zero-order chi connectivity index (χ0) is 15.1. The predicted octanol–water partition coefficient (Wildman–Crippen LogP) is 2.25. The number of nitrogens with one attached hydrogen (secondary N) is 2. The number of aliphatic imine (C=N–C) groups is 1. The minimum absolute atomic E-state index is 0. The van der Waals surface area contributed by atoms with E-state index in [0.29, 0.717) is 6.54 Å². The van der Waals surface area contributed by atoms with Gasteiger partial charge in [0, 0.05) is 26.8 Å². The molecule has 6 heteroatoms. The first-order chi connectivity index (χ1) is 10.2. The highest BCUT2D eigenvalue weighted by atomic mass is 127. The van der Waals surface area contributed by atoms with Crippen molar-refractivity contribution in [3.63, 3.8) is 0 Å². The van der Waals surface area contributed by atoms with Crippen LogP contribution in [-0.2, 0) is 20.0 Å². The van der Waals surface area contributed by atoms with Crippen molar-refractivity contribution in [2.24, 2.45) is 12.0 Å². The van der Waals surface area contributed by atoms with Gasteiger partial charge in [-0.3, -0.25) is 9.67 Å². The number of rotatable bonds is 5. The number of halogens is 1. The summed E-state index contributed by atoms with van der Waals surface area (Å²) in [6, 6.07) is 10.6. The van der Waals surface area contributed by atoms with Gasteiger partial charge >= 0.3 is 0 Å². The number of hydrogen-bond donors (Lipinski definition) is 2. The van der Waals surface area contributed by atoms with Crippen molar-refractivity contribution in [3.05, 3.63) is 53.3 Å². The molecule has 2 rings (SSSR count). The lowest BCUT2D eigenvalue weighted by molar-refractivity contribution is 0.684. The molecule has 1 aromatic carbocycles. The molecule has 0 fully saturated rings. The summed E-state index contributed by atoms with van der Waals surface area (Å²) >= 11 is 0. The third-order valence-electron chi connectivity index (χ3n) is 3.41. The van der Waals surface area contributed by atoms with Crippen LogP contribution >= 0.6 is 24.0 Å². The number of guanidine groups is 1.